The van der Waals surface area contributed by atoms with Gasteiger partial charge in [-0.1, -0.05) is 19.9 Å². The second-order valence-corrected chi connectivity index (χ2v) is 7.22. The van der Waals surface area contributed by atoms with Crippen molar-refractivity contribution in [2.24, 2.45) is 0 Å². The average Bonchev–Trinajstić information content (AvgIpc) is 2.29. The van der Waals surface area contributed by atoms with Crippen LogP contribution in [-0.2, 0) is 10.2 Å². The van der Waals surface area contributed by atoms with Crippen LogP contribution in [-0.4, -0.2) is 23.4 Å². The number of halogens is 1. The highest BCUT2D eigenvalue weighted by molar-refractivity contribution is 9.10. The van der Waals surface area contributed by atoms with E-state index in [-0.39, 0.29) is 12.0 Å². The summed E-state index contributed by atoms with van der Waals surface area (Å²) in [5.41, 5.74) is 0.649. The Kier molecular flexibility index (Phi) is 5.21. The highest BCUT2D eigenvalue weighted by Crippen LogP contribution is 2.30. The van der Waals surface area contributed by atoms with E-state index in [0.29, 0.717) is 5.69 Å². The van der Waals surface area contributed by atoms with E-state index >= 15 is 0 Å². The number of anilines is 1. The molecule has 20 heavy (non-hydrogen) atoms. The SMILES string of the molecule is CC(C)(C)OC(=O)Nc1cc(C(C)(C)CO)ccc1Br. The van der Waals surface area contributed by atoms with Crippen LogP contribution in [0.2, 0.25) is 0 Å². The number of carbonyl (C=O) groups is 1. The molecular weight excluding hydrogens is 322 g/mol. The lowest BCUT2D eigenvalue weighted by Gasteiger charge is -2.24. The number of hydrogen-bond donors (Lipinski definition) is 2. The first kappa shape index (κ1) is 17.0. The summed E-state index contributed by atoms with van der Waals surface area (Å²) in [6.45, 7) is 9.34. The monoisotopic (exact) mass is 343 g/mol. The zero-order valence-corrected chi connectivity index (χ0v) is 14.2. The fourth-order valence-electron chi connectivity index (χ4n) is 1.55. The molecule has 0 heterocycles. The third-order valence-corrected chi connectivity index (χ3v) is 3.47. The molecule has 0 saturated carbocycles. The van der Waals surface area contributed by atoms with Crippen molar-refractivity contribution in [2.45, 2.75) is 45.6 Å². The van der Waals surface area contributed by atoms with Crippen molar-refractivity contribution in [1.29, 1.82) is 0 Å². The molecule has 0 fully saturated rings. The molecule has 0 radical (unpaired) electrons. The van der Waals surface area contributed by atoms with Crippen molar-refractivity contribution in [3.8, 4) is 0 Å². The molecule has 0 atom stereocenters. The number of nitrogens with one attached hydrogen (secondary N) is 1. The number of benzene rings is 1. The van der Waals surface area contributed by atoms with E-state index in [1.807, 2.05) is 52.8 Å². The number of amides is 1. The summed E-state index contributed by atoms with van der Waals surface area (Å²) in [7, 11) is 0. The van der Waals surface area contributed by atoms with Gasteiger partial charge in [0.25, 0.3) is 0 Å². The van der Waals surface area contributed by atoms with Gasteiger partial charge in [-0.2, -0.15) is 0 Å². The third kappa shape index (κ3) is 4.80. The van der Waals surface area contributed by atoms with Crippen LogP contribution < -0.4 is 5.32 Å². The molecule has 5 heteroatoms. The van der Waals surface area contributed by atoms with Crippen molar-refractivity contribution in [3.05, 3.63) is 28.2 Å². The lowest BCUT2D eigenvalue weighted by atomic mass is 9.85. The minimum atomic E-state index is -0.543. The van der Waals surface area contributed by atoms with Gasteiger partial charge in [-0.05, 0) is 54.4 Å². The smallest absolute Gasteiger partial charge is 0.412 e. The summed E-state index contributed by atoms with van der Waals surface area (Å²) in [6.07, 6.45) is -0.503. The Labute approximate surface area is 128 Å². The van der Waals surface area contributed by atoms with E-state index in [9.17, 15) is 9.90 Å². The molecular formula is C15H22BrNO3. The second-order valence-electron chi connectivity index (χ2n) is 6.36. The molecule has 0 unspecified atom stereocenters. The van der Waals surface area contributed by atoms with Crippen molar-refractivity contribution in [1.82, 2.24) is 0 Å². The topological polar surface area (TPSA) is 58.6 Å². The van der Waals surface area contributed by atoms with Gasteiger partial charge >= 0.3 is 6.09 Å². The first-order valence-electron chi connectivity index (χ1n) is 6.46. The molecule has 0 saturated heterocycles. The van der Waals surface area contributed by atoms with Gasteiger partial charge in [0.15, 0.2) is 0 Å². The third-order valence-electron chi connectivity index (χ3n) is 2.78. The summed E-state index contributed by atoms with van der Waals surface area (Å²) < 4.78 is 5.99. The molecule has 112 valence electrons. The van der Waals surface area contributed by atoms with Crippen LogP contribution in [0.3, 0.4) is 0 Å². The number of aliphatic hydroxyl groups is 1. The highest BCUT2D eigenvalue weighted by atomic mass is 79.9. The van der Waals surface area contributed by atoms with Gasteiger partial charge in [0.1, 0.15) is 5.60 Å². The zero-order valence-electron chi connectivity index (χ0n) is 12.6. The van der Waals surface area contributed by atoms with E-state index < -0.39 is 11.7 Å². The van der Waals surface area contributed by atoms with E-state index in [1.165, 1.54) is 0 Å². The quantitative estimate of drug-likeness (QED) is 0.869. The minimum absolute atomic E-state index is 0.0283. The summed E-state index contributed by atoms with van der Waals surface area (Å²) in [6, 6.07) is 5.60. The largest absolute Gasteiger partial charge is 0.444 e. The van der Waals surface area contributed by atoms with Crippen LogP contribution in [0.5, 0.6) is 0 Å². The Hall–Kier alpha value is -1.07. The van der Waals surface area contributed by atoms with E-state index in [0.717, 1.165) is 10.0 Å². The number of hydrogen-bond acceptors (Lipinski definition) is 3. The Morgan fingerprint density at radius 3 is 2.40 bits per heavy atom. The fourth-order valence-corrected chi connectivity index (χ4v) is 1.89. The normalized spacial score (nSPS) is 12.2. The molecule has 1 amide bonds. The van der Waals surface area contributed by atoms with Crippen LogP contribution in [0, 0.1) is 0 Å². The summed E-state index contributed by atoms with van der Waals surface area (Å²) >= 11 is 3.39. The molecule has 1 rings (SSSR count). The number of aliphatic hydroxyl groups excluding tert-OH is 1. The van der Waals surface area contributed by atoms with Crippen molar-refractivity contribution >= 4 is 27.7 Å². The standard InChI is InChI=1S/C15H22BrNO3/c1-14(2,3)20-13(19)17-12-8-10(6-7-11(12)16)15(4,5)9-18/h6-8,18H,9H2,1-5H3,(H,17,19). The molecule has 0 aliphatic rings. The summed E-state index contributed by atoms with van der Waals surface area (Å²) in [5.74, 6) is 0. The predicted octanol–water partition coefficient (Wildman–Crippen LogP) is 4.07. The van der Waals surface area contributed by atoms with Gasteiger partial charge in [0.05, 0.1) is 12.3 Å². The van der Waals surface area contributed by atoms with Crippen molar-refractivity contribution < 1.29 is 14.6 Å². The Morgan fingerprint density at radius 1 is 1.30 bits per heavy atom. The molecule has 1 aromatic rings. The molecule has 0 bridgehead atoms. The van der Waals surface area contributed by atoms with Crippen molar-refractivity contribution in [2.75, 3.05) is 11.9 Å². The van der Waals surface area contributed by atoms with Gasteiger partial charge in [0, 0.05) is 9.89 Å². The van der Waals surface area contributed by atoms with Gasteiger partial charge in [-0.25, -0.2) is 4.79 Å². The maximum Gasteiger partial charge on any atom is 0.412 e. The maximum atomic E-state index is 11.8. The lowest BCUT2D eigenvalue weighted by Crippen LogP contribution is -2.27. The predicted molar refractivity (Wildman–Crippen MR) is 84.1 cm³/mol. The molecule has 0 aromatic heterocycles. The van der Waals surface area contributed by atoms with Gasteiger partial charge in [-0.15, -0.1) is 0 Å². The van der Waals surface area contributed by atoms with Crippen LogP contribution in [0.1, 0.15) is 40.2 Å². The van der Waals surface area contributed by atoms with Gasteiger partial charge < -0.3 is 9.84 Å². The summed E-state index contributed by atoms with van der Waals surface area (Å²) in [5, 5.41) is 12.1. The van der Waals surface area contributed by atoms with Gasteiger partial charge in [-0.3, -0.25) is 5.32 Å². The van der Waals surface area contributed by atoms with Gasteiger partial charge in [0.2, 0.25) is 0 Å². The number of ether oxygens (including phenoxy) is 1. The van der Waals surface area contributed by atoms with Crippen LogP contribution in [0.15, 0.2) is 22.7 Å². The van der Waals surface area contributed by atoms with Crippen LogP contribution in [0.25, 0.3) is 0 Å². The molecule has 4 nitrogen and oxygen atoms in total. The molecule has 0 aliphatic heterocycles. The molecule has 0 aliphatic carbocycles. The molecule has 2 N–H and O–H groups in total. The average molecular weight is 344 g/mol. The Morgan fingerprint density at radius 2 is 1.90 bits per heavy atom. The molecule has 1 aromatic carbocycles. The Bertz CT molecular complexity index is 492. The molecule has 0 spiro atoms. The van der Waals surface area contributed by atoms with Crippen molar-refractivity contribution in [3.63, 3.8) is 0 Å². The number of carbonyl (C=O) groups excluding carboxylic acids is 1. The summed E-state index contributed by atoms with van der Waals surface area (Å²) in [4.78, 5) is 11.8. The van der Waals surface area contributed by atoms with Crippen LogP contribution >= 0.6 is 15.9 Å². The number of rotatable bonds is 3. The highest BCUT2D eigenvalue weighted by Gasteiger charge is 2.22. The lowest BCUT2D eigenvalue weighted by molar-refractivity contribution is 0.0636. The van der Waals surface area contributed by atoms with E-state index in [1.54, 1.807) is 0 Å². The first-order valence-corrected chi connectivity index (χ1v) is 7.25. The van der Waals surface area contributed by atoms with E-state index in [2.05, 4.69) is 21.2 Å². The fraction of sp³-hybridized carbons (Fsp3) is 0.533. The van der Waals surface area contributed by atoms with E-state index in [4.69, 9.17) is 4.74 Å². The zero-order chi connectivity index (χ0) is 15.6. The Balaban J connectivity index is 2.96. The maximum absolute atomic E-state index is 11.8. The second kappa shape index (κ2) is 6.14. The minimum Gasteiger partial charge on any atom is -0.444 e. The first-order chi connectivity index (χ1) is 9.05. The van der Waals surface area contributed by atoms with Crippen LogP contribution in [0.4, 0.5) is 10.5 Å².